The van der Waals surface area contributed by atoms with Gasteiger partial charge in [-0.05, 0) is 25.5 Å². The summed E-state index contributed by atoms with van der Waals surface area (Å²) in [6, 6.07) is 4.02. The zero-order valence-corrected chi connectivity index (χ0v) is 7.70. The summed E-state index contributed by atoms with van der Waals surface area (Å²) in [6.45, 7) is 3.68. The number of nitrogens with zero attached hydrogens (tertiary/aromatic N) is 2. The van der Waals surface area contributed by atoms with Gasteiger partial charge in [-0.25, -0.2) is 0 Å². The molecule has 0 radical (unpaired) electrons. The Balaban J connectivity index is 3.20. The summed E-state index contributed by atoms with van der Waals surface area (Å²) in [5, 5.41) is 8.88. The summed E-state index contributed by atoms with van der Waals surface area (Å²) in [5.74, 6) is 2.49. The zero-order valence-electron chi connectivity index (χ0n) is 7.70. The second-order valence-corrected chi connectivity index (χ2v) is 3.34. The molecule has 13 heavy (non-hydrogen) atoms. The molecule has 0 aromatic carbocycles. The van der Waals surface area contributed by atoms with Crippen molar-refractivity contribution in [3.63, 3.8) is 0 Å². The quantitative estimate of drug-likeness (QED) is 0.603. The molecule has 0 aliphatic heterocycles. The van der Waals surface area contributed by atoms with Gasteiger partial charge in [0.25, 0.3) is 0 Å². The van der Waals surface area contributed by atoms with Gasteiger partial charge in [0.15, 0.2) is 0 Å². The lowest BCUT2D eigenvalue weighted by Crippen LogP contribution is -2.14. The molecule has 2 heteroatoms. The van der Waals surface area contributed by atoms with E-state index in [0.717, 1.165) is 5.56 Å². The highest BCUT2D eigenvalue weighted by molar-refractivity contribution is 5.37. The van der Waals surface area contributed by atoms with Crippen LogP contribution < -0.4 is 0 Å². The second kappa shape index (κ2) is 3.29. The summed E-state index contributed by atoms with van der Waals surface area (Å²) < 4.78 is 0. The lowest BCUT2D eigenvalue weighted by Gasteiger charge is -2.14. The smallest absolute Gasteiger partial charge is 0.0781 e. The monoisotopic (exact) mass is 170 g/mol. The summed E-state index contributed by atoms with van der Waals surface area (Å²) >= 11 is 0. The summed E-state index contributed by atoms with van der Waals surface area (Å²) in [5.41, 5.74) is 1.03. The summed E-state index contributed by atoms with van der Waals surface area (Å²) in [6.07, 6.45) is 8.51. The van der Waals surface area contributed by atoms with Gasteiger partial charge in [-0.15, -0.1) is 6.42 Å². The van der Waals surface area contributed by atoms with Crippen molar-refractivity contribution in [1.82, 2.24) is 4.98 Å². The highest BCUT2D eigenvalue weighted by Crippen LogP contribution is 2.21. The first-order chi connectivity index (χ1) is 6.10. The minimum absolute atomic E-state index is 0.528. The average Bonchev–Trinajstić information content (AvgIpc) is 2.18. The number of nitriles is 1. The Bertz CT molecular complexity index is 391. The SMILES string of the molecule is C#Cc1cncc(C(C)(C)C#N)c1. The second-order valence-electron chi connectivity index (χ2n) is 3.34. The Morgan fingerprint density at radius 1 is 1.46 bits per heavy atom. The third-order valence-corrected chi connectivity index (χ3v) is 1.91. The van der Waals surface area contributed by atoms with E-state index in [0.29, 0.717) is 5.56 Å². The van der Waals surface area contributed by atoms with Crippen molar-refractivity contribution in [2.45, 2.75) is 19.3 Å². The van der Waals surface area contributed by atoms with Gasteiger partial charge in [0.1, 0.15) is 0 Å². The van der Waals surface area contributed by atoms with Crippen LogP contribution in [0.3, 0.4) is 0 Å². The molecule has 0 aliphatic rings. The van der Waals surface area contributed by atoms with E-state index in [-0.39, 0.29) is 0 Å². The highest BCUT2D eigenvalue weighted by Gasteiger charge is 2.19. The standard InChI is InChI=1S/C11H10N2/c1-4-9-5-10(7-13-6-9)11(2,3)8-12/h1,5-7H,2-3H3. The van der Waals surface area contributed by atoms with Crippen LogP contribution in [0.15, 0.2) is 18.5 Å². The molecule has 0 saturated heterocycles. The molecule has 1 rings (SSSR count). The highest BCUT2D eigenvalue weighted by atomic mass is 14.6. The summed E-state index contributed by atoms with van der Waals surface area (Å²) in [4.78, 5) is 3.98. The van der Waals surface area contributed by atoms with Gasteiger partial charge in [0.2, 0.25) is 0 Å². The van der Waals surface area contributed by atoms with E-state index in [1.807, 2.05) is 19.9 Å². The van der Waals surface area contributed by atoms with Crippen molar-refractivity contribution in [3.05, 3.63) is 29.6 Å². The van der Waals surface area contributed by atoms with Gasteiger partial charge in [-0.3, -0.25) is 4.98 Å². The Morgan fingerprint density at radius 2 is 2.15 bits per heavy atom. The van der Waals surface area contributed by atoms with Crippen LogP contribution in [0, 0.1) is 23.7 Å². The molecule has 0 saturated carbocycles. The molecule has 64 valence electrons. The number of rotatable bonds is 1. The number of hydrogen-bond donors (Lipinski definition) is 0. The molecular weight excluding hydrogens is 160 g/mol. The molecule has 0 atom stereocenters. The maximum atomic E-state index is 8.88. The Labute approximate surface area is 78.2 Å². The fraction of sp³-hybridized carbons (Fsp3) is 0.273. The molecule has 0 N–H and O–H groups in total. The van der Waals surface area contributed by atoms with Gasteiger partial charge in [-0.2, -0.15) is 5.26 Å². The topological polar surface area (TPSA) is 36.7 Å². The summed E-state index contributed by atoms with van der Waals surface area (Å²) in [7, 11) is 0. The maximum absolute atomic E-state index is 8.88. The fourth-order valence-electron chi connectivity index (χ4n) is 0.925. The number of terminal acetylenes is 1. The van der Waals surface area contributed by atoms with Crippen LogP contribution in [0.5, 0.6) is 0 Å². The van der Waals surface area contributed by atoms with Gasteiger partial charge >= 0.3 is 0 Å². The predicted molar refractivity (Wildman–Crippen MR) is 50.8 cm³/mol. The van der Waals surface area contributed by atoms with Crippen molar-refractivity contribution in [1.29, 1.82) is 5.26 Å². The van der Waals surface area contributed by atoms with Crippen LogP contribution in [0.2, 0.25) is 0 Å². The van der Waals surface area contributed by atoms with Gasteiger partial charge in [-0.1, -0.05) is 5.92 Å². The lowest BCUT2D eigenvalue weighted by atomic mass is 9.87. The van der Waals surface area contributed by atoms with Crippen molar-refractivity contribution < 1.29 is 0 Å². The molecule has 1 aromatic heterocycles. The van der Waals surface area contributed by atoms with E-state index in [4.69, 9.17) is 11.7 Å². The first kappa shape index (κ1) is 9.29. The first-order valence-electron chi connectivity index (χ1n) is 3.93. The Kier molecular flexibility index (Phi) is 2.35. The maximum Gasteiger partial charge on any atom is 0.0781 e. The molecule has 0 amide bonds. The van der Waals surface area contributed by atoms with Gasteiger partial charge in [0, 0.05) is 18.0 Å². The molecular formula is C11H10N2. The number of pyridine rings is 1. The normalized spacial score (nSPS) is 10.2. The first-order valence-corrected chi connectivity index (χ1v) is 3.93. The van der Waals surface area contributed by atoms with Crippen molar-refractivity contribution in [3.8, 4) is 18.4 Å². The molecule has 1 aromatic rings. The average molecular weight is 170 g/mol. The molecule has 2 nitrogen and oxygen atoms in total. The lowest BCUT2D eigenvalue weighted by molar-refractivity contribution is 0.682. The van der Waals surface area contributed by atoms with Crippen LogP contribution in [0.25, 0.3) is 0 Å². The zero-order chi connectivity index (χ0) is 9.90. The molecule has 0 bridgehead atoms. The largest absolute Gasteiger partial charge is 0.263 e. The predicted octanol–water partition coefficient (Wildman–Crippen LogP) is 1.86. The van der Waals surface area contributed by atoms with Gasteiger partial charge < -0.3 is 0 Å². The number of aromatic nitrogens is 1. The van der Waals surface area contributed by atoms with Crippen LogP contribution in [-0.2, 0) is 5.41 Å². The van der Waals surface area contributed by atoms with Crippen molar-refractivity contribution in [2.24, 2.45) is 0 Å². The minimum Gasteiger partial charge on any atom is -0.263 e. The molecule has 0 spiro atoms. The van der Waals surface area contributed by atoms with Crippen LogP contribution >= 0.6 is 0 Å². The van der Waals surface area contributed by atoms with E-state index in [2.05, 4.69) is 17.0 Å². The van der Waals surface area contributed by atoms with Gasteiger partial charge in [0.05, 0.1) is 11.5 Å². The van der Waals surface area contributed by atoms with E-state index in [1.165, 1.54) is 0 Å². The van der Waals surface area contributed by atoms with E-state index < -0.39 is 5.41 Å². The molecule has 1 heterocycles. The third kappa shape index (κ3) is 1.86. The molecule has 0 aliphatic carbocycles. The van der Waals surface area contributed by atoms with Crippen LogP contribution in [-0.4, -0.2) is 4.98 Å². The van der Waals surface area contributed by atoms with E-state index >= 15 is 0 Å². The Hall–Kier alpha value is -1.80. The number of hydrogen-bond acceptors (Lipinski definition) is 2. The Morgan fingerprint density at radius 3 is 2.69 bits per heavy atom. The third-order valence-electron chi connectivity index (χ3n) is 1.91. The molecule has 0 unspecified atom stereocenters. The fourth-order valence-corrected chi connectivity index (χ4v) is 0.925. The van der Waals surface area contributed by atoms with Crippen molar-refractivity contribution >= 4 is 0 Å². The molecule has 0 fully saturated rings. The van der Waals surface area contributed by atoms with Crippen molar-refractivity contribution in [2.75, 3.05) is 0 Å². The van der Waals surface area contributed by atoms with E-state index in [1.54, 1.807) is 12.4 Å². The minimum atomic E-state index is -0.528. The van der Waals surface area contributed by atoms with Crippen LogP contribution in [0.1, 0.15) is 25.0 Å². The van der Waals surface area contributed by atoms with E-state index in [9.17, 15) is 0 Å². The van der Waals surface area contributed by atoms with Crippen LogP contribution in [0.4, 0.5) is 0 Å².